The Hall–Kier alpha value is -1.43. The predicted molar refractivity (Wildman–Crippen MR) is 106 cm³/mol. The zero-order chi connectivity index (χ0) is 20.9. The van der Waals surface area contributed by atoms with E-state index >= 15 is 0 Å². The summed E-state index contributed by atoms with van der Waals surface area (Å²) < 4.78 is 5.65. The van der Waals surface area contributed by atoms with E-state index in [9.17, 15) is 20.1 Å². The SMILES string of the molecule is CC(C)(C)C(Cc1ccccc1)(C(=O)OCC(CO)(CO)CO)C(C)(C)C. The van der Waals surface area contributed by atoms with Crippen molar-refractivity contribution in [1.29, 1.82) is 0 Å². The van der Waals surface area contributed by atoms with Crippen LogP contribution < -0.4 is 0 Å². The molecule has 0 bridgehead atoms. The molecule has 0 aliphatic carbocycles. The molecule has 0 spiro atoms. The Balaban J connectivity index is 3.34. The van der Waals surface area contributed by atoms with Crippen LogP contribution >= 0.6 is 0 Å². The van der Waals surface area contributed by atoms with Gasteiger partial charge < -0.3 is 20.1 Å². The zero-order valence-electron chi connectivity index (χ0n) is 17.6. The third kappa shape index (κ3) is 4.89. The van der Waals surface area contributed by atoms with Gasteiger partial charge in [0.25, 0.3) is 0 Å². The Morgan fingerprint density at radius 3 is 1.67 bits per heavy atom. The number of aliphatic hydroxyl groups is 3. The zero-order valence-corrected chi connectivity index (χ0v) is 17.6. The lowest BCUT2D eigenvalue weighted by Gasteiger charge is -2.51. The van der Waals surface area contributed by atoms with Crippen molar-refractivity contribution in [2.24, 2.45) is 21.7 Å². The third-order valence-corrected chi connectivity index (χ3v) is 5.74. The molecule has 0 atom stereocenters. The van der Waals surface area contributed by atoms with E-state index in [1.54, 1.807) is 0 Å². The average molecular weight is 381 g/mol. The number of benzene rings is 1. The molecule has 1 aromatic rings. The fraction of sp³-hybridized carbons (Fsp3) is 0.682. The molecule has 0 aromatic heterocycles. The Morgan fingerprint density at radius 2 is 1.30 bits per heavy atom. The minimum atomic E-state index is -1.25. The van der Waals surface area contributed by atoms with Gasteiger partial charge >= 0.3 is 5.97 Å². The summed E-state index contributed by atoms with van der Waals surface area (Å²) in [4.78, 5) is 13.5. The van der Waals surface area contributed by atoms with Gasteiger partial charge in [-0.25, -0.2) is 0 Å². The first-order valence-corrected chi connectivity index (χ1v) is 9.43. The van der Waals surface area contributed by atoms with Crippen molar-refractivity contribution in [3.63, 3.8) is 0 Å². The molecule has 5 nitrogen and oxygen atoms in total. The number of hydrogen-bond donors (Lipinski definition) is 3. The summed E-state index contributed by atoms with van der Waals surface area (Å²) in [6, 6.07) is 9.84. The maximum absolute atomic E-state index is 13.5. The normalized spacial score (nSPS) is 13.5. The van der Waals surface area contributed by atoms with E-state index < -0.39 is 41.5 Å². The predicted octanol–water partition coefficient (Wildman–Crippen LogP) is 2.81. The standard InChI is InChI=1S/C22H36O5/c1-19(2,3)22(20(4,5)6,12-17-10-8-7-9-11-17)18(26)27-16-21(13-23,14-24)15-25/h7-11,23-25H,12-16H2,1-6H3. The van der Waals surface area contributed by atoms with Gasteiger partial charge in [0, 0.05) is 0 Å². The van der Waals surface area contributed by atoms with E-state index in [2.05, 4.69) is 0 Å². The minimum absolute atomic E-state index is 0.238. The molecule has 154 valence electrons. The van der Waals surface area contributed by atoms with Crippen LogP contribution in [0.25, 0.3) is 0 Å². The van der Waals surface area contributed by atoms with Crippen molar-refractivity contribution in [3.8, 4) is 0 Å². The van der Waals surface area contributed by atoms with Gasteiger partial charge in [-0.3, -0.25) is 4.79 Å². The number of rotatable bonds is 8. The fourth-order valence-electron chi connectivity index (χ4n) is 3.87. The molecule has 5 heteroatoms. The summed E-state index contributed by atoms with van der Waals surface area (Å²) in [5.74, 6) is -0.383. The molecule has 0 aliphatic heterocycles. The lowest BCUT2D eigenvalue weighted by atomic mass is 9.52. The van der Waals surface area contributed by atoms with Gasteiger partial charge in [-0.05, 0) is 22.8 Å². The van der Waals surface area contributed by atoms with Gasteiger partial charge in [-0.15, -0.1) is 0 Å². The van der Waals surface area contributed by atoms with E-state index in [4.69, 9.17) is 4.74 Å². The summed E-state index contributed by atoms with van der Waals surface area (Å²) in [7, 11) is 0. The van der Waals surface area contributed by atoms with Crippen LogP contribution in [-0.2, 0) is 16.0 Å². The van der Waals surface area contributed by atoms with Crippen LogP contribution in [0.4, 0.5) is 0 Å². The third-order valence-electron chi connectivity index (χ3n) is 5.74. The van der Waals surface area contributed by atoms with Crippen LogP contribution in [0.1, 0.15) is 47.1 Å². The minimum Gasteiger partial charge on any atom is -0.464 e. The quantitative estimate of drug-likeness (QED) is 0.604. The van der Waals surface area contributed by atoms with Crippen LogP contribution in [0.2, 0.25) is 0 Å². The highest BCUT2D eigenvalue weighted by molar-refractivity contribution is 5.79. The number of esters is 1. The summed E-state index contributed by atoms with van der Waals surface area (Å²) in [5, 5.41) is 28.6. The summed E-state index contributed by atoms with van der Waals surface area (Å²) >= 11 is 0. The van der Waals surface area contributed by atoms with Crippen molar-refractivity contribution in [2.45, 2.75) is 48.0 Å². The average Bonchev–Trinajstić information content (AvgIpc) is 2.60. The maximum atomic E-state index is 13.5. The Morgan fingerprint density at radius 1 is 0.852 bits per heavy atom. The molecular formula is C22H36O5. The van der Waals surface area contributed by atoms with E-state index in [0.717, 1.165) is 5.56 Å². The highest BCUT2D eigenvalue weighted by atomic mass is 16.5. The summed E-state index contributed by atoms with van der Waals surface area (Å²) in [6.45, 7) is 10.5. The second kappa shape index (κ2) is 8.72. The molecule has 0 unspecified atom stereocenters. The van der Waals surface area contributed by atoms with E-state index in [1.165, 1.54) is 0 Å². The van der Waals surface area contributed by atoms with Crippen molar-refractivity contribution in [2.75, 3.05) is 26.4 Å². The molecule has 27 heavy (non-hydrogen) atoms. The van der Waals surface area contributed by atoms with Gasteiger partial charge in [-0.2, -0.15) is 0 Å². The first-order chi connectivity index (χ1) is 12.4. The Labute approximate surface area is 163 Å². The van der Waals surface area contributed by atoms with Gasteiger partial charge in [0.15, 0.2) is 0 Å². The molecule has 3 N–H and O–H groups in total. The van der Waals surface area contributed by atoms with Gasteiger partial charge in [0.1, 0.15) is 6.61 Å². The van der Waals surface area contributed by atoms with Crippen LogP contribution in [0.5, 0.6) is 0 Å². The van der Waals surface area contributed by atoms with Crippen LogP contribution in [0.3, 0.4) is 0 Å². The molecule has 0 saturated heterocycles. The number of hydrogen-bond acceptors (Lipinski definition) is 5. The fourth-order valence-corrected chi connectivity index (χ4v) is 3.87. The van der Waals surface area contributed by atoms with Crippen LogP contribution in [-0.4, -0.2) is 47.7 Å². The number of ether oxygens (including phenoxy) is 1. The van der Waals surface area contributed by atoms with E-state index in [-0.39, 0.29) is 12.6 Å². The first-order valence-electron chi connectivity index (χ1n) is 9.43. The van der Waals surface area contributed by atoms with Crippen molar-refractivity contribution >= 4 is 5.97 Å². The van der Waals surface area contributed by atoms with Gasteiger partial charge in [0.2, 0.25) is 0 Å². The molecule has 0 fully saturated rings. The lowest BCUT2D eigenvalue weighted by molar-refractivity contribution is -0.182. The largest absolute Gasteiger partial charge is 0.464 e. The highest BCUT2D eigenvalue weighted by Crippen LogP contribution is 2.54. The smallest absolute Gasteiger partial charge is 0.313 e. The van der Waals surface area contributed by atoms with E-state index in [1.807, 2.05) is 71.9 Å². The van der Waals surface area contributed by atoms with Gasteiger partial charge in [0.05, 0.1) is 30.7 Å². The van der Waals surface area contributed by atoms with Crippen LogP contribution in [0.15, 0.2) is 30.3 Å². The highest BCUT2D eigenvalue weighted by Gasteiger charge is 2.57. The number of aliphatic hydroxyl groups excluding tert-OH is 3. The molecule has 0 amide bonds. The molecular weight excluding hydrogens is 344 g/mol. The maximum Gasteiger partial charge on any atom is 0.313 e. The second-order valence-corrected chi connectivity index (χ2v) is 9.62. The molecule has 0 heterocycles. The number of carbonyl (C=O) groups excluding carboxylic acids is 1. The van der Waals surface area contributed by atoms with Crippen molar-refractivity contribution in [3.05, 3.63) is 35.9 Å². The Kier molecular flexibility index (Phi) is 7.62. The molecule has 1 aromatic carbocycles. The lowest BCUT2D eigenvalue weighted by Crippen LogP contribution is -2.55. The Bertz CT molecular complexity index is 569. The molecule has 0 saturated carbocycles. The molecule has 0 radical (unpaired) electrons. The van der Waals surface area contributed by atoms with E-state index in [0.29, 0.717) is 6.42 Å². The molecule has 1 rings (SSSR count). The number of carbonyl (C=O) groups is 1. The topological polar surface area (TPSA) is 87.0 Å². The monoisotopic (exact) mass is 380 g/mol. The summed E-state index contributed by atoms with van der Waals surface area (Å²) in [6.07, 6.45) is 0.504. The first kappa shape index (κ1) is 23.6. The van der Waals surface area contributed by atoms with Crippen molar-refractivity contribution in [1.82, 2.24) is 0 Å². The molecule has 0 aliphatic rings. The second-order valence-electron chi connectivity index (χ2n) is 9.62. The van der Waals surface area contributed by atoms with Gasteiger partial charge in [-0.1, -0.05) is 71.9 Å². The summed E-state index contributed by atoms with van der Waals surface area (Å²) in [5.41, 5.74) is -1.90. The van der Waals surface area contributed by atoms with Crippen LogP contribution in [0, 0.1) is 21.7 Å². The van der Waals surface area contributed by atoms with Crippen molar-refractivity contribution < 1.29 is 24.9 Å².